The molecule has 0 aliphatic carbocycles. The van der Waals surface area contributed by atoms with Crippen LogP contribution in [-0.2, 0) is 16.0 Å². The number of carbonyl (C=O) groups is 2. The smallest absolute Gasteiger partial charge is 0.301 e. The molecule has 1 amide bonds. The number of halogens is 1. The van der Waals surface area contributed by atoms with Gasteiger partial charge in [0.2, 0.25) is 0 Å². The Morgan fingerprint density at radius 1 is 1.15 bits per heavy atom. The standard InChI is InChI=1S/C30H25FN2O5S/c1-3-12-37-21-8-4-17(5-9-21)26-25(27(34)18-6-11-23-19(14-18)13-16(2)38-23)28(35)29(36)33(26)30-32-22-10-7-20(31)15-24(22)39-30/h4-11,14-16,26,34H,3,12-13H2,1-2H3/t16-,26+/m0/s1. The van der Waals surface area contributed by atoms with Crippen LogP contribution in [0.3, 0.4) is 0 Å². The highest BCUT2D eigenvalue weighted by Crippen LogP contribution is 2.45. The van der Waals surface area contributed by atoms with Crippen LogP contribution in [0.1, 0.15) is 43.0 Å². The van der Waals surface area contributed by atoms with Gasteiger partial charge in [0.25, 0.3) is 5.78 Å². The van der Waals surface area contributed by atoms with Crippen LogP contribution < -0.4 is 14.4 Å². The van der Waals surface area contributed by atoms with Crippen molar-refractivity contribution in [1.29, 1.82) is 0 Å². The zero-order chi connectivity index (χ0) is 27.3. The van der Waals surface area contributed by atoms with Crippen LogP contribution in [0.4, 0.5) is 9.52 Å². The van der Waals surface area contributed by atoms with Crippen LogP contribution in [0.5, 0.6) is 11.5 Å². The molecular formula is C30H25FN2O5S. The average molecular weight is 545 g/mol. The number of hydrogen-bond donors (Lipinski definition) is 1. The van der Waals surface area contributed by atoms with E-state index in [1.807, 2.05) is 13.8 Å². The van der Waals surface area contributed by atoms with Crippen molar-refractivity contribution >= 4 is 44.1 Å². The topological polar surface area (TPSA) is 89.0 Å². The molecule has 0 bridgehead atoms. The third-order valence-electron chi connectivity index (χ3n) is 6.83. The predicted octanol–water partition coefficient (Wildman–Crippen LogP) is 6.17. The highest BCUT2D eigenvalue weighted by atomic mass is 32.1. The lowest BCUT2D eigenvalue weighted by Crippen LogP contribution is -2.29. The van der Waals surface area contributed by atoms with Gasteiger partial charge < -0.3 is 14.6 Å². The van der Waals surface area contributed by atoms with Gasteiger partial charge in [-0.05, 0) is 73.0 Å². The summed E-state index contributed by atoms with van der Waals surface area (Å²) >= 11 is 1.11. The molecule has 2 aliphatic heterocycles. The fourth-order valence-corrected chi connectivity index (χ4v) is 6.04. The molecule has 1 N–H and O–H groups in total. The number of carbonyl (C=O) groups excluding carboxylic acids is 2. The lowest BCUT2D eigenvalue weighted by atomic mass is 9.94. The van der Waals surface area contributed by atoms with E-state index < -0.39 is 23.5 Å². The van der Waals surface area contributed by atoms with Crippen LogP contribution in [0, 0.1) is 5.82 Å². The number of fused-ring (bicyclic) bond motifs is 2. The van der Waals surface area contributed by atoms with Crippen molar-refractivity contribution in [3.05, 3.63) is 88.7 Å². The number of ketones is 1. The second kappa shape index (κ2) is 9.81. The quantitative estimate of drug-likeness (QED) is 0.177. The fraction of sp³-hybridized carbons (Fsp3) is 0.233. The number of aromatic nitrogens is 1. The van der Waals surface area contributed by atoms with E-state index in [9.17, 15) is 19.1 Å². The number of Topliss-reactive ketones (excluding diaryl/α,β-unsaturated/α-hetero) is 1. The van der Waals surface area contributed by atoms with Gasteiger partial charge in [0.1, 0.15) is 29.2 Å². The van der Waals surface area contributed by atoms with E-state index in [1.54, 1.807) is 42.5 Å². The Bertz CT molecular complexity index is 1650. The van der Waals surface area contributed by atoms with Gasteiger partial charge in [-0.3, -0.25) is 14.5 Å². The van der Waals surface area contributed by atoms with Gasteiger partial charge in [0.15, 0.2) is 5.13 Å². The number of rotatable bonds is 6. The minimum atomic E-state index is -0.945. The number of anilines is 1. The van der Waals surface area contributed by atoms with Crippen molar-refractivity contribution in [1.82, 2.24) is 4.98 Å². The average Bonchev–Trinajstić information content (AvgIpc) is 3.59. The van der Waals surface area contributed by atoms with E-state index in [0.29, 0.717) is 40.1 Å². The number of aliphatic hydroxyl groups excluding tert-OH is 1. The van der Waals surface area contributed by atoms with E-state index >= 15 is 0 Å². The normalized spacial score (nSPS) is 19.9. The van der Waals surface area contributed by atoms with Crippen LogP contribution in [-0.4, -0.2) is 34.5 Å². The Morgan fingerprint density at radius 2 is 1.95 bits per heavy atom. The molecule has 3 aromatic carbocycles. The molecule has 0 radical (unpaired) electrons. The number of nitrogens with zero attached hydrogens (tertiary/aromatic N) is 2. The van der Waals surface area contributed by atoms with E-state index in [0.717, 1.165) is 29.1 Å². The Morgan fingerprint density at radius 3 is 2.72 bits per heavy atom. The van der Waals surface area contributed by atoms with Crippen LogP contribution in [0.25, 0.3) is 16.0 Å². The molecule has 9 heteroatoms. The summed E-state index contributed by atoms with van der Waals surface area (Å²) < 4.78 is 25.9. The summed E-state index contributed by atoms with van der Waals surface area (Å²) in [7, 11) is 0. The molecule has 39 heavy (non-hydrogen) atoms. The molecule has 1 aromatic heterocycles. The molecule has 2 atom stereocenters. The van der Waals surface area contributed by atoms with Crippen molar-refractivity contribution in [2.75, 3.05) is 11.5 Å². The number of benzene rings is 3. The fourth-order valence-electron chi connectivity index (χ4n) is 5.03. The first-order valence-electron chi connectivity index (χ1n) is 12.7. The maximum absolute atomic E-state index is 13.9. The van der Waals surface area contributed by atoms with Gasteiger partial charge in [-0.25, -0.2) is 9.37 Å². The van der Waals surface area contributed by atoms with E-state index in [1.165, 1.54) is 23.1 Å². The molecule has 2 aliphatic rings. The van der Waals surface area contributed by atoms with E-state index in [2.05, 4.69) is 4.98 Å². The van der Waals surface area contributed by atoms with Gasteiger partial charge in [-0.1, -0.05) is 30.4 Å². The molecule has 198 valence electrons. The highest BCUT2D eigenvalue weighted by Gasteiger charge is 2.48. The summed E-state index contributed by atoms with van der Waals surface area (Å²) in [5, 5.41) is 11.7. The molecule has 1 fully saturated rings. The van der Waals surface area contributed by atoms with Gasteiger partial charge >= 0.3 is 5.91 Å². The summed E-state index contributed by atoms with van der Waals surface area (Å²) in [5.41, 5.74) is 2.41. The molecule has 1 saturated heterocycles. The summed E-state index contributed by atoms with van der Waals surface area (Å²) in [4.78, 5) is 32.8. The largest absolute Gasteiger partial charge is 0.507 e. The Balaban J connectivity index is 1.49. The van der Waals surface area contributed by atoms with Crippen molar-refractivity contribution in [2.24, 2.45) is 0 Å². The molecular weight excluding hydrogens is 519 g/mol. The van der Waals surface area contributed by atoms with E-state index in [4.69, 9.17) is 9.47 Å². The number of ether oxygens (including phenoxy) is 2. The Hall–Kier alpha value is -4.24. The van der Waals surface area contributed by atoms with Crippen molar-refractivity contribution in [3.8, 4) is 11.5 Å². The Labute approximate surface area is 228 Å². The second-order valence-corrected chi connectivity index (χ2v) is 10.7. The van der Waals surface area contributed by atoms with Gasteiger partial charge in [0.05, 0.1) is 28.4 Å². The van der Waals surface area contributed by atoms with Gasteiger partial charge in [-0.2, -0.15) is 0 Å². The second-order valence-electron chi connectivity index (χ2n) is 9.65. The number of amides is 1. The van der Waals surface area contributed by atoms with Crippen LogP contribution in [0.2, 0.25) is 0 Å². The summed E-state index contributed by atoms with van der Waals surface area (Å²) in [5.74, 6) is -0.943. The minimum absolute atomic E-state index is 0.0142. The van der Waals surface area contributed by atoms with Crippen LogP contribution in [0.15, 0.2) is 66.2 Å². The first-order valence-corrected chi connectivity index (χ1v) is 13.6. The molecule has 0 unspecified atom stereocenters. The van der Waals surface area contributed by atoms with Crippen molar-refractivity contribution in [2.45, 2.75) is 38.8 Å². The first kappa shape index (κ1) is 25.1. The first-order chi connectivity index (χ1) is 18.8. The zero-order valence-electron chi connectivity index (χ0n) is 21.3. The molecule has 6 rings (SSSR count). The molecule has 4 aromatic rings. The van der Waals surface area contributed by atoms with Crippen molar-refractivity contribution in [3.63, 3.8) is 0 Å². The summed E-state index contributed by atoms with van der Waals surface area (Å²) in [6, 6.07) is 15.5. The summed E-state index contributed by atoms with van der Waals surface area (Å²) in [6.45, 7) is 4.53. The third-order valence-corrected chi connectivity index (χ3v) is 7.85. The maximum Gasteiger partial charge on any atom is 0.301 e. The zero-order valence-corrected chi connectivity index (χ0v) is 22.1. The lowest BCUT2D eigenvalue weighted by molar-refractivity contribution is -0.132. The molecule has 7 nitrogen and oxygen atoms in total. The van der Waals surface area contributed by atoms with Crippen LogP contribution >= 0.6 is 11.3 Å². The van der Waals surface area contributed by atoms with Gasteiger partial charge in [0, 0.05) is 12.0 Å². The summed E-state index contributed by atoms with van der Waals surface area (Å²) in [6.07, 6.45) is 1.54. The monoisotopic (exact) mass is 544 g/mol. The molecule has 0 saturated carbocycles. The third kappa shape index (κ3) is 4.42. The highest BCUT2D eigenvalue weighted by molar-refractivity contribution is 7.22. The Kier molecular flexibility index (Phi) is 6.31. The maximum atomic E-state index is 13.9. The van der Waals surface area contributed by atoms with Crippen molar-refractivity contribution < 1.29 is 28.6 Å². The molecule has 0 spiro atoms. The number of aliphatic hydroxyl groups is 1. The number of thiazole rings is 1. The van der Waals surface area contributed by atoms with E-state index in [-0.39, 0.29) is 22.6 Å². The predicted molar refractivity (Wildman–Crippen MR) is 147 cm³/mol. The molecule has 3 heterocycles. The minimum Gasteiger partial charge on any atom is -0.507 e. The lowest BCUT2D eigenvalue weighted by Gasteiger charge is -2.23. The SMILES string of the molecule is CCCOc1ccc([C@@H]2C(=C(O)c3ccc4c(c3)C[C@H](C)O4)C(=O)C(=O)N2c2nc3ccc(F)cc3s2)cc1. The van der Waals surface area contributed by atoms with Gasteiger partial charge in [-0.15, -0.1) is 0 Å². The number of hydrogen-bond acceptors (Lipinski definition) is 7.